The molecule has 2 N–H and O–H groups in total. The number of benzene rings is 4. The van der Waals surface area contributed by atoms with E-state index in [0.717, 1.165) is 4.90 Å². The summed E-state index contributed by atoms with van der Waals surface area (Å²) in [7, 11) is 2.97. The zero-order valence-corrected chi connectivity index (χ0v) is 24.0. The lowest BCUT2D eigenvalue weighted by molar-refractivity contribution is -0.115. The molecule has 212 valence electrons. The molecule has 0 aromatic heterocycles. The standard InChI is InChI=1S/C33H28N2O6S/c1-4-27(32(38)35-24-15-8-14-23-28(24)31(37)22-13-6-5-12-21(22)30(23)36)42-20-11-7-10-19(18-20)34-33(39)29-25(40-2)16-9-17-26(29)41-3/h5-18,27H,4H2,1-3H3,(H,34,39)(H,35,38). The van der Waals surface area contributed by atoms with Crippen molar-refractivity contribution in [2.75, 3.05) is 24.9 Å². The fourth-order valence-electron chi connectivity index (χ4n) is 4.86. The number of ketones is 2. The van der Waals surface area contributed by atoms with Crippen molar-refractivity contribution in [3.63, 3.8) is 0 Å². The number of rotatable bonds is 9. The molecular weight excluding hydrogens is 552 g/mol. The van der Waals surface area contributed by atoms with Crippen LogP contribution < -0.4 is 20.1 Å². The summed E-state index contributed by atoms with van der Waals surface area (Å²) in [6.45, 7) is 1.89. The average Bonchev–Trinajstić information content (AvgIpc) is 3.02. The number of carbonyl (C=O) groups excluding carboxylic acids is 4. The van der Waals surface area contributed by atoms with Gasteiger partial charge in [-0.05, 0) is 42.8 Å². The molecule has 4 aromatic carbocycles. The van der Waals surface area contributed by atoms with E-state index in [1.165, 1.54) is 26.0 Å². The fraction of sp³-hybridized carbons (Fsp3) is 0.152. The first-order valence-corrected chi connectivity index (χ1v) is 14.2. The second-order valence-corrected chi connectivity index (χ2v) is 10.7. The highest BCUT2D eigenvalue weighted by molar-refractivity contribution is 8.00. The number of methoxy groups -OCH3 is 2. The summed E-state index contributed by atoms with van der Waals surface area (Å²) in [6, 6.07) is 23.9. The predicted octanol–water partition coefficient (Wildman–Crippen LogP) is 6.24. The molecule has 5 rings (SSSR count). The summed E-state index contributed by atoms with van der Waals surface area (Å²) in [6.07, 6.45) is 0.496. The van der Waals surface area contributed by atoms with Gasteiger partial charge in [0.2, 0.25) is 5.91 Å². The maximum absolute atomic E-state index is 13.4. The molecule has 4 aromatic rings. The highest BCUT2D eigenvalue weighted by Crippen LogP contribution is 2.34. The smallest absolute Gasteiger partial charge is 0.263 e. The topological polar surface area (TPSA) is 111 Å². The van der Waals surface area contributed by atoms with Gasteiger partial charge in [0, 0.05) is 27.3 Å². The van der Waals surface area contributed by atoms with E-state index in [1.54, 1.807) is 78.9 Å². The number of anilines is 2. The average molecular weight is 581 g/mol. The third-order valence-corrected chi connectivity index (χ3v) is 8.26. The Morgan fingerprint density at radius 1 is 0.762 bits per heavy atom. The summed E-state index contributed by atoms with van der Waals surface area (Å²) in [5.41, 5.74) is 2.26. The molecule has 0 saturated heterocycles. The van der Waals surface area contributed by atoms with Crippen molar-refractivity contribution in [1.29, 1.82) is 0 Å². The third-order valence-electron chi connectivity index (χ3n) is 6.90. The van der Waals surface area contributed by atoms with Crippen LogP contribution in [-0.2, 0) is 4.79 Å². The van der Waals surface area contributed by atoms with E-state index in [-0.39, 0.29) is 34.2 Å². The molecule has 0 heterocycles. The maximum atomic E-state index is 13.4. The third kappa shape index (κ3) is 5.51. The van der Waals surface area contributed by atoms with Gasteiger partial charge in [-0.15, -0.1) is 11.8 Å². The normalized spacial score (nSPS) is 12.5. The van der Waals surface area contributed by atoms with Gasteiger partial charge >= 0.3 is 0 Å². The number of nitrogens with one attached hydrogen (secondary N) is 2. The molecule has 1 atom stereocenters. The number of thioether (sulfide) groups is 1. The van der Waals surface area contributed by atoms with Crippen molar-refractivity contribution >= 4 is 46.5 Å². The van der Waals surface area contributed by atoms with E-state index in [0.29, 0.717) is 40.4 Å². The van der Waals surface area contributed by atoms with Gasteiger partial charge in [0.05, 0.1) is 30.7 Å². The van der Waals surface area contributed by atoms with E-state index >= 15 is 0 Å². The van der Waals surface area contributed by atoms with Crippen LogP contribution in [-0.4, -0.2) is 42.9 Å². The van der Waals surface area contributed by atoms with E-state index in [2.05, 4.69) is 10.6 Å². The van der Waals surface area contributed by atoms with Crippen LogP contribution in [0.3, 0.4) is 0 Å². The van der Waals surface area contributed by atoms with E-state index < -0.39 is 11.2 Å². The maximum Gasteiger partial charge on any atom is 0.263 e. The van der Waals surface area contributed by atoms with Crippen LogP contribution in [0.15, 0.2) is 89.8 Å². The van der Waals surface area contributed by atoms with Crippen LogP contribution in [0.1, 0.15) is 55.5 Å². The second-order valence-electron chi connectivity index (χ2n) is 9.46. The van der Waals surface area contributed by atoms with Gasteiger partial charge < -0.3 is 20.1 Å². The van der Waals surface area contributed by atoms with Crippen molar-refractivity contribution in [1.82, 2.24) is 0 Å². The molecule has 8 nitrogen and oxygen atoms in total. The Hall–Kier alpha value is -4.89. The zero-order valence-electron chi connectivity index (χ0n) is 23.2. The summed E-state index contributed by atoms with van der Waals surface area (Å²) >= 11 is 1.33. The van der Waals surface area contributed by atoms with Crippen molar-refractivity contribution in [3.8, 4) is 11.5 Å². The van der Waals surface area contributed by atoms with Crippen LogP contribution in [0.4, 0.5) is 11.4 Å². The molecule has 2 amide bonds. The summed E-state index contributed by atoms with van der Waals surface area (Å²) in [5, 5.41) is 5.25. The van der Waals surface area contributed by atoms with Crippen LogP contribution in [0.5, 0.6) is 11.5 Å². The Balaban J connectivity index is 1.33. The minimum absolute atomic E-state index is 0.200. The van der Waals surface area contributed by atoms with Crippen molar-refractivity contribution in [2.24, 2.45) is 0 Å². The van der Waals surface area contributed by atoms with E-state index in [9.17, 15) is 19.2 Å². The lowest BCUT2D eigenvalue weighted by Gasteiger charge is -2.21. The zero-order chi connectivity index (χ0) is 29.8. The number of carbonyl (C=O) groups is 4. The van der Waals surface area contributed by atoms with E-state index in [1.807, 2.05) is 13.0 Å². The van der Waals surface area contributed by atoms with Crippen LogP contribution >= 0.6 is 11.8 Å². The second kappa shape index (κ2) is 12.3. The number of fused-ring (bicyclic) bond motifs is 2. The van der Waals surface area contributed by atoms with Crippen molar-refractivity contribution in [2.45, 2.75) is 23.5 Å². The van der Waals surface area contributed by atoms with Gasteiger partial charge in [0.1, 0.15) is 17.1 Å². The molecule has 0 radical (unpaired) electrons. The SMILES string of the molecule is CCC(Sc1cccc(NC(=O)c2c(OC)cccc2OC)c1)C(=O)Nc1cccc2c1C(=O)c1ccccc1C2=O. The lowest BCUT2D eigenvalue weighted by Crippen LogP contribution is -2.28. The van der Waals surface area contributed by atoms with Gasteiger partial charge in [0.25, 0.3) is 5.91 Å². The number of amides is 2. The first kappa shape index (κ1) is 28.6. The minimum Gasteiger partial charge on any atom is -0.496 e. The Bertz CT molecular complexity index is 1690. The first-order chi connectivity index (χ1) is 20.4. The molecule has 1 aliphatic carbocycles. The molecule has 0 spiro atoms. The minimum atomic E-state index is -0.511. The number of hydrogen-bond donors (Lipinski definition) is 2. The number of ether oxygens (including phenoxy) is 2. The number of hydrogen-bond acceptors (Lipinski definition) is 7. The summed E-state index contributed by atoms with van der Waals surface area (Å²) in [4.78, 5) is 53.7. The largest absolute Gasteiger partial charge is 0.496 e. The molecular formula is C33H28N2O6S. The fourth-order valence-corrected chi connectivity index (χ4v) is 5.88. The Morgan fingerprint density at radius 3 is 2.05 bits per heavy atom. The highest BCUT2D eigenvalue weighted by atomic mass is 32.2. The molecule has 0 fully saturated rings. The molecule has 42 heavy (non-hydrogen) atoms. The molecule has 9 heteroatoms. The van der Waals surface area contributed by atoms with Crippen LogP contribution in [0, 0.1) is 0 Å². The monoisotopic (exact) mass is 580 g/mol. The van der Waals surface area contributed by atoms with Crippen molar-refractivity contribution in [3.05, 3.63) is 113 Å². The Kier molecular flexibility index (Phi) is 8.40. The molecule has 1 aliphatic rings. The first-order valence-electron chi connectivity index (χ1n) is 13.3. The molecule has 0 aliphatic heterocycles. The summed E-state index contributed by atoms with van der Waals surface area (Å²) < 4.78 is 10.7. The molecule has 0 bridgehead atoms. The van der Waals surface area contributed by atoms with Crippen LogP contribution in [0.2, 0.25) is 0 Å². The van der Waals surface area contributed by atoms with Gasteiger partial charge in [-0.3, -0.25) is 19.2 Å². The molecule has 1 unspecified atom stereocenters. The van der Waals surface area contributed by atoms with Gasteiger partial charge in [0.15, 0.2) is 11.6 Å². The van der Waals surface area contributed by atoms with Gasteiger partial charge in [-0.1, -0.05) is 55.5 Å². The Labute approximate surface area is 247 Å². The Morgan fingerprint density at radius 2 is 1.38 bits per heavy atom. The van der Waals surface area contributed by atoms with Gasteiger partial charge in [-0.25, -0.2) is 0 Å². The van der Waals surface area contributed by atoms with Crippen molar-refractivity contribution < 1.29 is 28.7 Å². The summed E-state index contributed by atoms with van der Waals surface area (Å²) in [5.74, 6) is -0.484. The van der Waals surface area contributed by atoms with E-state index in [4.69, 9.17) is 9.47 Å². The quantitative estimate of drug-likeness (QED) is 0.199. The highest BCUT2D eigenvalue weighted by Gasteiger charge is 2.32. The predicted molar refractivity (Wildman–Crippen MR) is 162 cm³/mol. The molecule has 0 saturated carbocycles. The van der Waals surface area contributed by atoms with Crippen LogP contribution in [0.25, 0.3) is 0 Å². The van der Waals surface area contributed by atoms with Gasteiger partial charge in [-0.2, -0.15) is 0 Å². The lowest BCUT2D eigenvalue weighted by atomic mass is 9.83.